The molecule has 1 unspecified atom stereocenters. The van der Waals surface area contributed by atoms with Gasteiger partial charge >= 0.3 is 12.0 Å². The lowest BCUT2D eigenvalue weighted by atomic mass is 10.1. The van der Waals surface area contributed by atoms with Gasteiger partial charge in [-0.3, -0.25) is 9.00 Å². The molecule has 0 aromatic carbocycles. The maximum atomic E-state index is 11.6. The van der Waals surface area contributed by atoms with Crippen LogP contribution in [0.4, 0.5) is 4.79 Å². The first-order chi connectivity index (χ1) is 8.99. The Morgan fingerprint density at radius 2 is 2.00 bits per heavy atom. The van der Waals surface area contributed by atoms with E-state index in [2.05, 4.69) is 10.6 Å². The van der Waals surface area contributed by atoms with Crippen LogP contribution in [0.3, 0.4) is 0 Å². The van der Waals surface area contributed by atoms with Gasteiger partial charge in [-0.1, -0.05) is 6.92 Å². The number of rotatable bonds is 6. The van der Waals surface area contributed by atoms with Gasteiger partial charge in [0.1, 0.15) is 0 Å². The Morgan fingerprint density at radius 3 is 2.58 bits per heavy atom. The SMILES string of the molecule is CC(CCCNC(=O)NC1CCS(=O)CC1)C(=O)O. The van der Waals surface area contributed by atoms with Gasteiger partial charge in [-0.15, -0.1) is 0 Å². The molecule has 6 nitrogen and oxygen atoms in total. The van der Waals surface area contributed by atoms with Crippen LogP contribution in [0.2, 0.25) is 0 Å². The summed E-state index contributed by atoms with van der Waals surface area (Å²) < 4.78 is 11.2. The van der Waals surface area contributed by atoms with Crippen LogP contribution in [0.15, 0.2) is 0 Å². The molecule has 0 spiro atoms. The van der Waals surface area contributed by atoms with Crippen molar-refractivity contribution in [3.63, 3.8) is 0 Å². The van der Waals surface area contributed by atoms with Crippen molar-refractivity contribution in [1.82, 2.24) is 10.6 Å². The molecular formula is C12H22N2O4S. The number of carbonyl (C=O) groups excluding carboxylic acids is 1. The van der Waals surface area contributed by atoms with E-state index in [1.807, 2.05) is 0 Å². The number of hydrogen-bond donors (Lipinski definition) is 3. The van der Waals surface area contributed by atoms with E-state index >= 15 is 0 Å². The standard InChI is InChI=1S/C12H22N2O4S/c1-9(11(15)16)3-2-6-13-12(17)14-10-4-7-19(18)8-5-10/h9-10H,2-8H2,1H3,(H,15,16)(H2,13,14,17). The van der Waals surface area contributed by atoms with Crippen molar-refractivity contribution in [1.29, 1.82) is 0 Å². The van der Waals surface area contributed by atoms with Gasteiger partial charge < -0.3 is 15.7 Å². The lowest BCUT2D eigenvalue weighted by molar-refractivity contribution is -0.141. The molecule has 2 amide bonds. The molecule has 0 bridgehead atoms. The number of carboxylic acids is 1. The summed E-state index contributed by atoms with van der Waals surface area (Å²) in [5.41, 5.74) is 0. The number of carboxylic acid groups (broad SMARTS) is 1. The van der Waals surface area contributed by atoms with Crippen LogP contribution in [0.1, 0.15) is 32.6 Å². The van der Waals surface area contributed by atoms with Crippen molar-refractivity contribution in [2.24, 2.45) is 5.92 Å². The molecule has 1 rings (SSSR count). The molecule has 7 heteroatoms. The summed E-state index contributed by atoms with van der Waals surface area (Å²) in [6.07, 6.45) is 2.72. The summed E-state index contributed by atoms with van der Waals surface area (Å²) in [6, 6.07) is -0.115. The molecule has 110 valence electrons. The lowest BCUT2D eigenvalue weighted by Gasteiger charge is -2.22. The van der Waals surface area contributed by atoms with E-state index in [1.165, 1.54) is 0 Å². The molecule has 1 atom stereocenters. The molecule has 1 fully saturated rings. The minimum atomic E-state index is -0.806. The van der Waals surface area contributed by atoms with Crippen molar-refractivity contribution in [3.05, 3.63) is 0 Å². The molecule has 1 heterocycles. The van der Waals surface area contributed by atoms with Crippen LogP contribution in [0, 0.1) is 5.92 Å². The molecule has 0 aromatic rings. The van der Waals surface area contributed by atoms with Gasteiger partial charge in [0.05, 0.1) is 5.92 Å². The second-order valence-electron chi connectivity index (χ2n) is 4.90. The highest BCUT2D eigenvalue weighted by atomic mass is 32.2. The Bertz CT molecular complexity index is 339. The molecule has 0 aromatic heterocycles. The molecule has 1 aliphatic rings. The average molecular weight is 290 g/mol. The van der Waals surface area contributed by atoms with Crippen LogP contribution < -0.4 is 10.6 Å². The van der Waals surface area contributed by atoms with Crippen molar-refractivity contribution in [3.8, 4) is 0 Å². The van der Waals surface area contributed by atoms with Gasteiger partial charge in [0.2, 0.25) is 0 Å². The largest absolute Gasteiger partial charge is 0.481 e. The first kappa shape index (κ1) is 15.9. The zero-order valence-electron chi connectivity index (χ0n) is 11.2. The van der Waals surface area contributed by atoms with Crippen molar-refractivity contribution in [2.45, 2.75) is 38.6 Å². The maximum Gasteiger partial charge on any atom is 0.315 e. The first-order valence-corrected chi connectivity index (χ1v) is 8.10. The summed E-state index contributed by atoms with van der Waals surface area (Å²) >= 11 is 0. The number of aliphatic carboxylic acids is 1. The Hall–Kier alpha value is -1.11. The highest BCUT2D eigenvalue weighted by molar-refractivity contribution is 7.85. The van der Waals surface area contributed by atoms with E-state index < -0.39 is 16.8 Å². The van der Waals surface area contributed by atoms with Gasteiger partial charge in [-0.05, 0) is 25.7 Å². The van der Waals surface area contributed by atoms with Gasteiger partial charge in [0.25, 0.3) is 0 Å². The Balaban J connectivity index is 2.08. The van der Waals surface area contributed by atoms with E-state index in [0.29, 0.717) is 30.9 Å². The molecule has 1 saturated heterocycles. The smallest absolute Gasteiger partial charge is 0.315 e. The van der Waals surface area contributed by atoms with Crippen LogP contribution in [0.25, 0.3) is 0 Å². The average Bonchev–Trinajstić information content (AvgIpc) is 2.37. The van der Waals surface area contributed by atoms with E-state index in [1.54, 1.807) is 6.92 Å². The predicted molar refractivity (Wildman–Crippen MR) is 73.5 cm³/mol. The summed E-state index contributed by atoms with van der Waals surface area (Å²) in [4.78, 5) is 22.1. The van der Waals surface area contributed by atoms with Crippen LogP contribution in [0.5, 0.6) is 0 Å². The third kappa shape index (κ3) is 6.56. The van der Waals surface area contributed by atoms with Gasteiger partial charge in [-0.25, -0.2) is 4.79 Å². The number of urea groups is 1. The second kappa shape index (κ2) is 8.14. The monoisotopic (exact) mass is 290 g/mol. The fraction of sp³-hybridized carbons (Fsp3) is 0.833. The van der Waals surface area contributed by atoms with Crippen molar-refractivity contribution < 1.29 is 18.9 Å². The third-order valence-electron chi connectivity index (χ3n) is 3.24. The third-order valence-corrected chi connectivity index (χ3v) is 4.63. The van der Waals surface area contributed by atoms with E-state index in [0.717, 1.165) is 12.8 Å². The van der Waals surface area contributed by atoms with E-state index in [9.17, 15) is 13.8 Å². The zero-order valence-corrected chi connectivity index (χ0v) is 12.0. The number of nitrogens with one attached hydrogen (secondary N) is 2. The minimum Gasteiger partial charge on any atom is -0.481 e. The van der Waals surface area contributed by atoms with Crippen molar-refractivity contribution in [2.75, 3.05) is 18.1 Å². The van der Waals surface area contributed by atoms with E-state index in [-0.39, 0.29) is 18.0 Å². The Labute approximate surface area is 115 Å². The van der Waals surface area contributed by atoms with Crippen LogP contribution >= 0.6 is 0 Å². The fourth-order valence-corrected chi connectivity index (χ4v) is 3.21. The van der Waals surface area contributed by atoms with Crippen molar-refractivity contribution >= 4 is 22.8 Å². The number of carbonyl (C=O) groups is 2. The predicted octanol–water partition coefficient (Wildman–Crippen LogP) is 0.698. The molecule has 0 saturated carbocycles. The molecule has 1 aliphatic heterocycles. The highest BCUT2D eigenvalue weighted by Crippen LogP contribution is 2.09. The topological polar surface area (TPSA) is 95.5 Å². The lowest BCUT2D eigenvalue weighted by Crippen LogP contribution is -2.45. The number of hydrogen-bond acceptors (Lipinski definition) is 3. The molecule has 0 radical (unpaired) electrons. The van der Waals surface area contributed by atoms with Gasteiger partial charge in [0, 0.05) is 34.9 Å². The van der Waals surface area contributed by atoms with Gasteiger partial charge in [-0.2, -0.15) is 0 Å². The molecule has 0 aliphatic carbocycles. The quantitative estimate of drug-likeness (QED) is 0.627. The highest BCUT2D eigenvalue weighted by Gasteiger charge is 2.19. The van der Waals surface area contributed by atoms with Gasteiger partial charge in [0.15, 0.2) is 0 Å². The number of amides is 2. The molecular weight excluding hydrogens is 268 g/mol. The Morgan fingerprint density at radius 1 is 1.37 bits per heavy atom. The summed E-state index contributed by atoms with van der Waals surface area (Å²) in [5, 5.41) is 14.3. The first-order valence-electron chi connectivity index (χ1n) is 6.61. The van der Waals surface area contributed by atoms with Crippen LogP contribution in [-0.2, 0) is 15.6 Å². The Kier molecular flexibility index (Phi) is 6.83. The molecule has 3 N–H and O–H groups in total. The van der Waals surface area contributed by atoms with Crippen LogP contribution in [-0.4, -0.2) is 45.4 Å². The zero-order chi connectivity index (χ0) is 14.3. The second-order valence-corrected chi connectivity index (χ2v) is 6.60. The molecule has 19 heavy (non-hydrogen) atoms. The summed E-state index contributed by atoms with van der Waals surface area (Å²) in [6.45, 7) is 2.13. The summed E-state index contributed by atoms with van der Waals surface area (Å²) in [5.74, 6) is 0.125. The maximum absolute atomic E-state index is 11.6. The fourth-order valence-electron chi connectivity index (χ4n) is 1.91. The van der Waals surface area contributed by atoms with E-state index in [4.69, 9.17) is 5.11 Å². The minimum absolute atomic E-state index is 0.107. The normalized spacial score (nSPS) is 24.5. The summed E-state index contributed by atoms with van der Waals surface area (Å²) in [7, 11) is -0.720.